The number of amides is 2. The van der Waals surface area contributed by atoms with E-state index >= 15 is 0 Å². The van der Waals surface area contributed by atoms with E-state index in [-0.39, 0.29) is 18.2 Å². The smallest absolute Gasteiger partial charge is 0.251 e. The molecule has 3 aromatic carbocycles. The molecule has 28 heavy (non-hydrogen) atoms. The number of benzene rings is 3. The Balaban J connectivity index is 1.76. The van der Waals surface area contributed by atoms with Crippen molar-refractivity contribution in [2.24, 2.45) is 0 Å². The van der Waals surface area contributed by atoms with Crippen LogP contribution in [0.2, 0.25) is 0 Å². The average molecular weight is 376 g/mol. The Labute approximate surface area is 163 Å². The molecule has 0 aromatic heterocycles. The average Bonchev–Trinajstić information content (AvgIpc) is 2.71. The molecule has 0 unspecified atom stereocenters. The van der Waals surface area contributed by atoms with E-state index in [9.17, 15) is 14.0 Å². The van der Waals surface area contributed by atoms with Gasteiger partial charge in [-0.1, -0.05) is 54.6 Å². The summed E-state index contributed by atoms with van der Waals surface area (Å²) in [6.45, 7) is 1.79. The van der Waals surface area contributed by atoms with Gasteiger partial charge in [-0.15, -0.1) is 0 Å². The largest absolute Gasteiger partial charge is 0.345 e. The van der Waals surface area contributed by atoms with E-state index in [0.717, 1.165) is 11.1 Å². The van der Waals surface area contributed by atoms with Gasteiger partial charge in [0.2, 0.25) is 5.91 Å². The van der Waals surface area contributed by atoms with Crippen LogP contribution in [-0.2, 0) is 4.79 Å². The zero-order valence-electron chi connectivity index (χ0n) is 15.5. The van der Waals surface area contributed by atoms with E-state index in [1.54, 1.807) is 37.3 Å². The summed E-state index contributed by atoms with van der Waals surface area (Å²) in [5.41, 5.74) is 2.52. The van der Waals surface area contributed by atoms with Gasteiger partial charge in [0.15, 0.2) is 0 Å². The van der Waals surface area contributed by atoms with Crippen molar-refractivity contribution in [3.8, 4) is 0 Å². The van der Waals surface area contributed by atoms with Crippen molar-refractivity contribution < 1.29 is 14.0 Å². The third-order valence-corrected chi connectivity index (χ3v) is 4.41. The zero-order chi connectivity index (χ0) is 19.9. The molecule has 0 aliphatic carbocycles. The van der Waals surface area contributed by atoms with Gasteiger partial charge in [-0.3, -0.25) is 9.59 Å². The minimum Gasteiger partial charge on any atom is -0.345 e. The molecule has 5 heteroatoms. The minimum absolute atomic E-state index is 0.0263. The van der Waals surface area contributed by atoms with Gasteiger partial charge >= 0.3 is 0 Å². The Morgan fingerprint density at radius 2 is 1.57 bits per heavy atom. The molecular weight excluding hydrogens is 355 g/mol. The highest BCUT2D eigenvalue weighted by Gasteiger charge is 2.19. The van der Waals surface area contributed by atoms with Crippen LogP contribution in [0.15, 0.2) is 78.9 Å². The summed E-state index contributed by atoms with van der Waals surface area (Å²) in [7, 11) is 0. The standard InChI is InChI=1S/C23H21FN2O2/c1-16-12-13-19(24)14-20(16)25-22(27)15-21(17-8-4-2-5-9-17)26-23(28)18-10-6-3-7-11-18/h2-14,21H,15H2,1H3,(H,25,27)(H,26,28)/t21-/m0/s1. The number of anilines is 1. The summed E-state index contributed by atoms with van der Waals surface area (Å²) in [4.78, 5) is 25.2. The van der Waals surface area contributed by atoms with Gasteiger partial charge in [-0.05, 0) is 42.3 Å². The van der Waals surface area contributed by atoms with Crippen LogP contribution >= 0.6 is 0 Å². The fourth-order valence-electron chi connectivity index (χ4n) is 2.88. The van der Waals surface area contributed by atoms with Crippen LogP contribution in [0.4, 0.5) is 10.1 Å². The van der Waals surface area contributed by atoms with Crippen molar-refractivity contribution in [1.29, 1.82) is 0 Å². The number of hydrogen-bond donors (Lipinski definition) is 2. The predicted molar refractivity (Wildman–Crippen MR) is 107 cm³/mol. The van der Waals surface area contributed by atoms with Crippen molar-refractivity contribution >= 4 is 17.5 Å². The van der Waals surface area contributed by atoms with E-state index in [2.05, 4.69) is 10.6 Å². The minimum atomic E-state index is -0.511. The van der Waals surface area contributed by atoms with Gasteiger partial charge in [0.05, 0.1) is 12.5 Å². The number of carbonyl (C=O) groups is 2. The van der Waals surface area contributed by atoms with Crippen molar-refractivity contribution in [2.75, 3.05) is 5.32 Å². The van der Waals surface area contributed by atoms with Gasteiger partial charge in [-0.25, -0.2) is 4.39 Å². The van der Waals surface area contributed by atoms with Crippen LogP contribution in [0.25, 0.3) is 0 Å². The highest BCUT2D eigenvalue weighted by Crippen LogP contribution is 2.21. The lowest BCUT2D eigenvalue weighted by atomic mass is 10.0. The van der Waals surface area contributed by atoms with Gasteiger partial charge in [-0.2, -0.15) is 0 Å². The first kappa shape index (κ1) is 19.3. The molecule has 0 aliphatic heterocycles. The van der Waals surface area contributed by atoms with Crippen LogP contribution in [0.3, 0.4) is 0 Å². The molecule has 1 atom stereocenters. The number of aryl methyl sites for hydroxylation is 1. The molecule has 4 nitrogen and oxygen atoms in total. The topological polar surface area (TPSA) is 58.2 Å². The summed E-state index contributed by atoms with van der Waals surface area (Å²) < 4.78 is 13.5. The lowest BCUT2D eigenvalue weighted by molar-refractivity contribution is -0.116. The number of hydrogen-bond acceptors (Lipinski definition) is 2. The number of carbonyl (C=O) groups excluding carboxylic acids is 2. The molecule has 3 aromatic rings. The van der Waals surface area contributed by atoms with E-state index in [1.165, 1.54) is 12.1 Å². The van der Waals surface area contributed by atoms with Gasteiger partial charge in [0.25, 0.3) is 5.91 Å². The number of nitrogens with one attached hydrogen (secondary N) is 2. The molecule has 0 saturated heterocycles. The van der Waals surface area contributed by atoms with Gasteiger partial charge in [0, 0.05) is 11.3 Å². The first-order valence-corrected chi connectivity index (χ1v) is 9.00. The molecule has 2 N–H and O–H groups in total. The van der Waals surface area contributed by atoms with Crippen LogP contribution in [-0.4, -0.2) is 11.8 Å². The first-order chi connectivity index (χ1) is 13.5. The van der Waals surface area contributed by atoms with Crippen LogP contribution in [0.5, 0.6) is 0 Å². The van der Waals surface area contributed by atoms with Gasteiger partial charge < -0.3 is 10.6 Å². The second-order valence-corrected chi connectivity index (χ2v) is 6.51. The molecule has 0 aliphatic rings. The highest BCUT2D eigenvalue weighted by molar-refractivity contribution is 5.96. The van der Waals surface area contributed by atoms with E-state index in [4.69, 9.17) is 0 Å². The van der Waals surface area contributed by atoms with Crippen LogP contribution in [0.1, 0.15) is 33.9 Å². The maximum Gasteiger partial charge on any atom is 0.251 e. The van der Waals surface area contributed by atoms with E-state index in [1.807, 2.05) is 36.4 Å². The SMILES string of the molecule is Cc1ccc(F)cc1NC(=O)C[C@H](NC(=O)c1ccccc1)c1ccccc1. The molecule has 0 fully saturated rings. The maximum absolute atomic E-state index is 13.5. The van der Waals surface area contributed by atoms with Crippen LogP contribution in [0, 0.1) is 12.7 Å². The summed E-state index contributed by atoms with van der Waals surface area (Å²) in [6.07, 6.45) is 0.0263. The second kappa shape index (κ2) is 8.95. The lowest BCUT2D eigenvalue weighted by Gasteiger charge is -2.19. The molecule has 0 spiro atoms. The van der Waals surface area contributed by atoms with Crippen LogP contribution < -0.4 is 10.6 Å². The first-order valence-electron chi connectivity index (χ1n) is 9.00. The third-order valence-electron chi connectivity index (χ3n) is 4.41. The summed E-state index contributed by atoms with van der Waals surface area (Å²) in [5, 5.41) is 5.65. The Kier molecular flexibility index (Phi) is 6.17. The normalized spacial score (nSPS) is 11.5. The lowest BCUT2D eigenvalue weighted by Crippen LogP contribution is -2.31. The number of rotatable bonds is 6. The highest BCUT2D eigenvalue weighted by atomic mass is 19.1. The van der Waals surface area contributed by atoms with E-state index < -0.39 is 11.9 Å². The summed E-state index contributed by atoms with van der Waals surface area (Å²) in [6, 6.07) is 21.9. The third kappa shape index (κ3) is 5.04. The second-order valence-electron chi connectivity index (χ2n) is 6.51. The zero-order valence-corrected chi connectivity index (χ0v) is 15.5. The molecule has 0 radical (unpaired) electrons. The van der Waals surface area contributed by atoms with Crippen molar-refractivity contribution in [3.63, 3.8) is 0 Å². The molecule has 142 valence electrons. The Hall–Kier alpha value is -3.47. The fourth-order valence-corrected chi connectivity index (χ4v) is 2.88. The van der Waals surface area contributed by atoms with E-state index in [0.29, 0.717) is 11.3 Å². The predicted octanol–water partition coefficient (Wildman–Crippen LogP) is 4.63. The van der Waals surface area contributed by atoms with Crippen molar-refractivity contribution in [3.05, 3.63) is 101 Å². The molecule has 0 heterocycles. The quantitative estimate of drug-likeness (QED) is 0.659. The fraction of sp³-hybridized carbons (Fsp3) is 0.130. The molecule has 3 rings (SSSR count). The summed E-state index contributed by atoms with van der Waals surface area (Å²) >= 11 is 0. The molecule has 2 amide bonds. The van der Waals surface area contributed by atoms with Crippen molar-refractivity contribution in [1.82, 2.24) is 5.32 Å². The Bertz CT molecular complexity index is 959. The molecular formula is C23H21FN2O2. The summed E-state index contributed by atoms with van der Waals surface area (Å²) in [5.74, 6) is -0.988. The van der Waals surface area contributed by atoms with Gasteiger partial charge in [0.1, 0.15) is 5.82 Å². The number of halogens is 1. The Morgan fingerprint density at radius 1 is 0.929 bits per heavy atom. The maximum atomic E-state index is 13.5. The molecule has 0 bridgehead atoms. The monoisotopic (exact) mass is 376 g/mol. The molecule has 0 saturated carbocycles. The Morgan fingerprint density at radius 3 is 2.25 bits per heavy atom. The van der Waals surface area contributed by atoms with Crippen molar-refractivity contribution in [2.45, 2.75) is 19.4 Å².